The van der Waals surface area contributed by atoms with Crippen LogP contribution >= 0.6 is 0 Å². The summed E-state index contributed by atoms with van der Waals surface area (Å²) in [5.41, 5.74) is 8.46. The summed E-state index contributed by atoms with van der Waals surface area (Å²) in [5, 5.41) is 0. The molecule has 2 aliphatic rings. The van der Waals surface area contributed by atoms with Crippen molar-refractivity contribution in [3.63, 3.8) is 0 Å². The highest BCUT2D eigenvalue weighted by Crippen LogP contribution is 2.40. The lowest BCUT2D eigenvalue weighted by molar-refractivity contribution is -0.122. The molecule has 5 rings (SSSR count). The van der Waals surface area contributed by atoms with E-state index in [9.17, 15) is 4.79 Å². The fraction of sp³-hybridized carbons (Fsp3) is 0.421. The lowest BCUT2D eigenvalue weighted by atomic mass is 9.94. The number of benzene rings is 1. The van der Waals surface area contributed by atoms with E-state index < -0.39 is 0 Å². The number of primary amides is 1. The van der Waals surface area contributed by atoms with Gasteiger partial charge in [-0.1, -0.05) is 0 Å². The number of carbonyl (C=O) groups is 1. The van der Waals surface area contributed by atoms with E-state index in [2.05, 4.69) is 9.55 Å². The maximum absolute atomic E-state index is 11.8. The average molecular weight is 352 g/mol. The number of hydrogen-bond donors (Lipinski definition) is 1. The molecule has 0 unspecified atom stereocenters. The van der Waals surface area contributed by atoms with Crippen molar-refractivity contribution in [3.05, 3.63) is 30.2 Å². The van der Waals surface area contributed by atoms with Crippen LogP contribution in [-0.2, 0) is 17.8 Å². The quantitative estimate of drug-likeness (QED) is 0.761. The second-order valence-corrected chi connectivity index (χ2v) is 7.14. The monoisotopic (exact) mass is 352 g/mol. The third-order valence-electron chi connectivity index (χ3n) is 5.29. The summed E-state index contributed by atoms with van der Waals surface area (Å²) in [6, 6.07) is 4.07. The minimum atomic E-state index is -0.217. The average Bonchev–Trinajstić information content (AvgIpc) is 3.24. The van der Waals surface area contributed by atoms with Gasteiger partial charge >= 0.3 is 0 Å². The smallest absolute Gasteiger partial charge is 0.263 e. The van der Waals surface area contributed by atoms with Gasteiger partial charge in [-0.3, -0.25) is 4.79 Å². The first-order chi connectivity index (χ1) is 12.7. The summed E-state index contributed by atoms with van der Waals surface area (Å²) in [7, 11) is 0. The van der Waals surface area contributed by atoms with E-state index in [0.717, 1.165) is 48.2 Å². The number of carbonyl (C=O) groups excluding carboxylic acids is 1. The molecule has 3 aromatic rings. The van der Waals surface area contributed by atoms with Crippen LogP contribution in [0.5, 0.6) is 5.75 Å². The highest BCUT2D eigenvalue weighted by Gasteiger charge is 2.35. The molecule has 0 spiro atoms. The largest absolute Gasteiger partial charge is 0.491 e. The van der Waals surface area contributed by atoms with Crippen molar-refractivity contribution in [1.82, 2.24) is 14.5 Å². The normalized spacial score (nSPS) is 17.7. The van der Waals surface area contributed by atoms with Gasteiger partial charge in [0.1, 0.15) is 17.5 Å². The van der Waals surface area contributed by atoms with Gasteiger partial charge < -0.3 is 19.5 Å². The Morgan fingerprint density at radius 3 is 3.00 bits per heavy atom. The van der Waals surface area contributed by atoms with Gasteiger partial charge in [-0.25, -0.2) is 9.97 Å². The standard InChI is InChI=1S/C19H20N4O3/c20-17(24)13(12-2-3-12)8-11-9-14-16-15(10-11)25-6-1-5-23(16)18(22-14)19-21-4-7-26-19/h4,7,9-10,12-13H,1-3,5-6,8H2,(H2,20,24)/t13-/m0/s1. The molecule has 0 radical (unpaired) electrons. The van der Waals surface area contributed by atoms with Crippen molar-refractivity contribution in [2.75, 3.05) is 6.61 Å². The summed E-state index contributed by atoms with van der Waals surface area (Å²) in [6.07, 6.45) is 6.86. The van der Waals surface area contributed by atoms with Gasteiger partial charge in [0, 0.05) is 12.5 Å². The van der Waals surface area contributed by atoms with Gasteiger partial charge in [-0.15, -0.1) is 0 Å². The van der Waals surface area contributed by atoms with Crippen molar-refractivity contribution in [2.24, 2.45) is 17.6 Å². The number of nitrogens with zero attached hydrogens (tertiary/aromatic N) is 3. The highest BCUT2D eigenvalue weighted by molar-refractivity contribution is 5.86. The topological polar surface area (TPSA) is 96.2 Å². The fourth-order valence-corrected chi connectivity index (χ4v) is 3.89. The van der Waals surface area contributed by atoms with Gasteiger partial charge in [0.2, 0.25) is 5.91 Å². The molecule has 1 atom stereocenters. The molecule has 1 saturated carbocycles. The van der Waals surface area contributed by atoms with E-state index in [4.69, 9.17) is 19.9 Å². The van der Waals surface area contributed by atoms with E-state index >= 15 is 0 Å². The van der Waals surface area contributed by atoms with E-state index in [1.165, 1.54) is 0 Å². The Labute approximate surface area is 150 Å². The van der Waals surface area contributed by atoms with Crippen molar-refractivity contribution >= 4 is 16.9 Å². The van der Waals surface area contributed by atoms with Gasteiger partial charge in [-0.2, -0.15) is 0 Å². The number of imidazole rings is 1. The Morgan fingerprint density at radius 1 is 1.38 bits per heavy atom. The summed E-state index contributed by atoms with van der Waals surface area (Å²) in [4.78, 5) is 20.8. The zero-order valence-corrected chi connectivity index (χ0v) is 14.4. The molecule has 134 valence electrons. The Kier molecular flexibility index (Phi) is 3.48. The van der Waals surface area contributed by atoms with E-state index in [1.54, 1.807) is 12.5 Å². The maximum atomic E-state index is 11.8. The summed E-state index contributed by atoms with van der Waals surface area (Å²) < 4.78 is 13.6. The number of amides is 1. The molecule has 1 amide bonds. The number of rotatable bonds is 5. The number of nitrogens with two attached hydrogens (primary N) is 1. The van der Waals surface area contributed by atoms with Crippen LogP contribution in [0.3, 0.4) is 0 Å². The van der Waals surface area contributed by atoms with Gasteiger partial charge in [0.25, 0.3) is 5.89 Å². The number of oxazole rings is 1. The molecule has 1 aromatic carbocycles. The zero-order chi connectivity index (χ0) is 17.7. The summed E-state index contributed by atoms with van der Waals surface area (Å²) in [6.45, 7) is 1.44. The van der Waals surface area contributed by atoms with Crippen LogP contribution in [0, 0.1) is 11.8 Å². The molecular formula is C19H20N4O3. The van der Waals surface area contributed by atoms with E-state index in [0.29, 0.717) is 30.7 Å². The lowest BCUT2D eigenvalue weighted by Gasteiger charge is -2.13. The summed E-state index contributed by atoms with van der Waals surface area (Å²) >= 11 is 0. The molecule has 2 N–H and O–H groups in total. The molecule has 7 nitrogen and oxygen atoms in total. The Balaban J connectivity index is 1.62. The lowest BCUT2D eigenvalue weighted by Crippen LogP contribution is -2.26. The Hall–Kier alpha value is -2.83. The first kappa shape index (κ1) is 15.4. The SMILES string of the molecule is NC(=O)[C@@H](Cc1cc2c3c(c1)nc(-c1ncco1)n3CCCO2)C1CC1. The van der Waals surface area contributed by atoms with Crippen LogP contribution in [0.25, 0.3) is 22.7 Å². The molecule has 1 aliphatic carbocycles. The van der Waals surface area contributed by atoms with Gasteiger partial charge in [0.05, 0.1) is 18.3 Å². The molecular weight excluding hydrogens is 332 g/mol. The van der Waals surface area contributed by atoms with Crippen molar-refractivity contribution in [2.45, 2.75) is 32.2 Å². The van der Waals surface area contributed by atoms with E-state index in [-0.39, 0.29) is 11.8 Å². The van der Waals surface area contributed by atoms with Crippen molar-refractivity contribution in [1.29, 1.82) is 0 Å². The highest BCUT2D eigenvalue weighted by atomic mass is 16.5. The number of aromatic nitrogens is 3. The van der Waals surface area contributed by atoms with Crippen LogP contribution in [-0.4, -0.2) is 27.0 Å². The third kappa shape index (κ3) is 2.55. The predicted molar refractivity (Wildman–Crippen MR) is 94.5 cm³/mol. The first-order valence-corrected chi connectivity index (χ1v) is 9.06. The summed E-state index contributed by atoms with van der Waals surface area (Å²) in [5.74, 6) is 2.11. The second-order valence-electron chi connectivity index (χ2n) is 7.14. The van der Waals surface area contributed by atoms with Crippen LogP contribution in [0.1, 0.15) is 24.8 Å². The molecule has 0 saturated heterocycles. The van der Waals surface area contributed by atoms with Crippen LogP contribution in [0.2, 0.25) is 0 Å². The van der Waals surface area contributed by atoms with Crippen LogP contribution < -0.4 is 10.5 Å². The van der Waals surface area contributed by atoms with Gasteiger partial charge in [0.15, 0.2) is 5.82 Å². The Bertz CT molecular complexity index is 972. The zero-order valence-electron chi connectivity index (χ0n) is 14.4. The minimum Gasteiger partial charge on any atom is -0.491 e. The van der Waals surface area contributed by atoms with Gasteiger partial charge in [-0.05, 0) is 49.3 Å². The first-order valence-electron chi connectivity index (χ1n) is 9.06. The van der Waals surface area contributed by atoms with Crippen molar-refractivity contribution in [3.8, 4) is 17.5 Å². The molecule has 0 bridgehead atoms. The molecule has 3 heterocycles. The number of hydrogen-bond acceptors (Lipinski definition) is 5. The third-order valence-corrected chi connectivity index (χ3v) is 5.29. The fourth-order valence-electron chi connectivity index (χ4n) is 3.89. The molecule has 26 heavy (non-hydrogen) atoms. The predicted octanol–water partition coefficient (Wildman–Crippen LogP) is 2.53. The Morgan fingerprint density at radius 2 is 2.27 bits per heavy atom. The van der Waals surface area contributed by atoms with Crippen LogP contribution in [0.4, 0.5) is 0 Å². The molecule has 1 aliphatic heterocycles. The molecule has 1 fully saturated rings. The maximum Gasteiger partial charge on any atom is 0.263 e. The number of ether oxygens (including phenoxy) is 1. The van der Waals surface area contributed by atoms with Crippen LogP contribution in [0.15, 0.2) is 29.0 Å². The molecule has 2 aromatic heterocycles. The second kappa shape index (κ2) is 5.86. The van der Waals surface area contributed by atoms with E-state index in [1.807, 2.05) is 12.1 Å². The van der Waals surface area contributed by atoms with Crippen molar-refractivity contribution < 1.29 is 13.9 Å². The minimum absolute atomic E-state index is 0.112. The molecule has 7 heteroatoms. The number of aryl methyl sites for hydroxylation is 1.